The lowest BCUT2D eigenvalue weighted by atomic mass is 10.1. The molecule has 1 rings (SSSR count). The third kappa shape index (κ3) is 2.79. The van der Waals surface area contributed by atoms with E-state index >= 15 is 0 Å². The maximum atomic E-state index is 10.4. The minimum atomic E-state index is -0.797. The van der Waals surface area contributed by atoms with Crippen LogP contribution >= 0.6 is 0 Å². The Balaban J connectivity index is 2.11. The van der Waals surface area contributed by atoms with E-state index in [0.29, 0.717) is 5.92 Å². The molecule has 2 unspecified atom stereocenters. The van der Waals surface area contributed by atoms with Gasteiger partial charge in [-0.1, -0.05) is 0 Å². The SMILES string of the molecule is CC(NCC1CCOC1)C(=O)O. The molecule has 0 bridgehead atoms. The third-order valence-electron chi connectivity index (χ3n) is 2.11. The number of carboxylic acid groups (broad SMARTS) is 1. The van der Waals surface area contributed by atoms with Gasteiger partial charge in [0.2, 0.25) is 0 Å². The first-order chi connectivity index (χ1) is 5.70. The Kier molecular flexibility index (Phi) is 3.49. The molecule has 0 spiro atoms. The second kappa shape index (κ2) is 4.42. The van der Waals surface area contributed by atoms with Crippen LogP contribution in [-0.4, -0.2) is 36.9 Å². The van der Waals surface area contributed by atoms with Crippen LogP contribution in [0.4, 0.5) is 0 Å². The van der Waals surface area contributed by atoms with Crippen LogP contribution in [0.2, 0.25) is 0 Å². The number of carbonyl (C=O) groups is 1. The van der Waals surface area contributed by atoms with Crippen molar-refractivity contribution >= 4 is 5.97 Å². The first kappa shape index (κ1) is 9.48. The monoisotopic (exact) mass is 173 g/mol. The van der Waals surface area contributed by atoms with Gasteiger partial charge in [0, 0.05) is 13.2 Å². The maximum Gasteiger partial charge on any atom is 0.320 e. The largest absolute Gasteiger partial charge is 0.480 e. The predicted octanol–water partition coefficient (Wildman–Crippen LogP) is 0.0856. The van der Waals surface area contributed by atoms with Crippen molar-refractivity contribution in [2.75, 3.05) is 19.8 Å². The Morgan fingerprint density at radius 1 is 1.83 bits per heavy atom. The molecule has 1 aliphatic rings. The number of carboxylic acids is 1. The number of hydrogen-bond donors (Lipinski definition) is 2. The summed E-state index contributed by atoms with van der Waals surface area (Å²) in [4.78, 5) is 10.4. The van der Waals surface area contributed by atoms with E-state index < -0.39 is 12.0 Å². The van der Waals surface area contributed by atoms with E-state index in [1.165, 1.54) is 0 Å². The summed E-state index contributed by atoms with van der Waals surface area (Å²) < 4.78 is 5.16. The fourth-order valence-electron chi connectivity index (χ4n) is 1.18. The van der Waals surface area contributed by atoms with Crippen molar-refractivity contribution in [3.05, 3.63) is 0 Å². The van der Waals surface area contributed by atoms with Crippen LogP contribution in [-0.2, 0) is 9.53 Å². The zero-order valence-electron chi connectivity index (χ0n) is 7.25. The van der Waals surface area contributed by atoms with Crippen molar-refractivity contribution in [3.63, 3.8) is 0 Å². The molecule has 0 saturated carbocycles. The molecule has 0 aromatic heterocycles. The minimum Gasteiger partial charge on any atom is -0.480 e. The van der Waals surface area contributed by atoms with E-state index in [4.69, 9.17) is 9.84 Å². The number of hydrogen-bond acceptors (Lipinski definition) is 3. The van der Waals surface area contributed by atoms with Crippen molar-refractivity contribution in [2.24, 2.45) is 5.92 Å². The van der Waals surface area contributed by atoms with Crippen LogP contribution < -0.4 is 5.32 Å². The standard InChI is InChI=1S/C8H15NO3/c1-6(8(10)11)9-4-7-2-3-12-5-7/h6-7,9H,2-5H2,1H3,(H,10,11). The lowest BCUT2D eigenvalue weighted by Gasteiger charge is -2.12. The van der Waals surface area contributed by atoms with Gasteiger partial charge in [0.15, 0.2) is 0 Å². The summed E-state index contributed by atoms with van der Waals surface area (Å²) in [5.41, 5.74) is 0. The highest BCUT2D eigenvalue weighted by atomic mass is 16.5. The van der Waals surface area contributed by atoms with Gasteiger partial charge in [0.25, 0.3) is 0 Å². The molecule has 0 amide bonds. The molecule has 0 radical (unpaired) electrons. The minimum absolute atomic E-state index is 0.453. The summed E-state index contributed by atoms with van der Waals surface area (Å²) in [6.45, 7) is 3.97. The molecule has 12 heavy (non-hydrogen) atoms. The van der Waals surface area contributed by atoms with E-state index in [0.717, 1.165) is 26.2 Å². The molecule has 4 nitrogen and oxygen atoms in total. The van der Waals surface area contributed by atoms with Gasteiger partial charge in [-0.05, 0) is 19.3 Å². The van der Waals surface area contributed by atoms with Gasteiger partial charge in [0.1, 0.15) is 6.04 Å². The van der Waals surface area contributed by atoms with Gasteiger partial charge in [-0.3, -0.25) is 4.79 Å². The van der Waals surface area contributed by atoms with Gasteiger partial charge >= 0.3 is 5.97 Å². The van der Waals surface area contributed by atoms with Gasteiger partial charge in [-0.15, -0.1) is 0 Å². The van der Waals surface area contributed by atoms with Crippen LogP contribution in [0.5, 0.6) is 0 Å². The van der Waals surface area contributed by atoms with Gasteiger partial charge in [-0.25, -0.2) is 0 Å². The summed E-state index contributed by atoms with van der Waals surface area (Å²) in [6, 6.07) is -0.453. The lowest BCUT2D eigenvalue weighted by molar-refractivity contribution is -0.139. The van der Waals surface area contributed by atoms with Crippen molar-refractivity contribution in [1.29, 1.82) is 0 Å². The topological polar surface area (TPSA) is 58.6 Å². The Labute approximate surface area is 71.9 Å². The molecule has 0 aromatic rings. The molecule has 1 saturated heterocycles. The van der Waals surface area contributed by atoms with Crippen molar-refractivity contribution in [2.45, 2.75) is 19.4 Å². The Bertz CT molecular complexity index is 154. The van der Waals surface area contributed by atoms with Gasteiger partial charge in [-0.2, -0.15) is 0 Å². The molecule has 0 aliphatic carbocycles. The highest BCUT2D eigenvalue weighted by molar-refractivity contribution is 5.72. The molecule has 1 fully saturated rings. The van der Waals surface area contributed by atoms with Crippen LogP contribution in [0, 0.1) is 5.92 Å². The first-order valence-electron chi connectivity index (χ1n) is 4.24. The third-order valence-corrected chi connectivity index (χ3v) is 2.11. The van der Waals surface area contributed by atoms with E-state index in [-0.39, 0.29) is 0 Å². The highest BCUT2D eigenvalue weighted by Crippen LogP contribution is 2.10. The number of aliphatic carboxylic acids is 1. The summed E-state index contributed by atoms with van der Waals surface area (Å²) in [7, 11) is 0. The van der Waals surface area contributed by atoms with Gasteiger partial charge in [0.05, 0.1) is 6.61 Å². The van der Waals surface area contributed by atoms with Crippen LogP contribution in [0.25, 0.3) is 0 Å². The van der Waals surface area contributed by atoms with Crippen LogP contribution in [0.1, 0.15) is 13.3 Å². The second-order valence-electron chi connectivity index (χ2n) is 3.20. The maximum absolute atomic E-state index is 10.4. The predicted molar refractivity (Wildman–Crippen MR) is 44.0 cm³/mol. The molecule has 70 valence electrons. The fraction of sp³-hybridized carbons (Fsp3) is 0.875. The van der Waals surface area contributed by atoms with Crippen molar-refractivity contribution < 1.29 is 14.6 Å². The number of nitrogens with one attached hydrogen (secondary N) is 1. The summed E-state index contributed by atoms with van der Waals surface area (Å²) >= 11 is 0. The molecule has 4 heteroatoms. The quantitative estimate of drug-likeness (QED) is 0.632. The molecular weight excluding hydrogens is 158 g/mol. The summed E-state index contributed by atoms with van der Waals surface area (Å²) in [5.74, 6) is -0.305. The number of rotatable bonds is 4. The zero-order valence-corrected chi connectivity index (χ0v) is 7.25. The Morgan fingerprint density at radius 3 is 3.08 bits per heavy atom. The molecule has 2 N–H and O–H groups in total. The fourth-order valence-corrected chi connectivity index (χ4v) is 1.18. The Morgan fingerprint density at radius 2 is 2.58 bits per heavy atom. The molecule has 2 atom stereocenters. The average molecular weight is 173 g/mol. The molecule has 1 aliphatic heterocycles. The van der Waals surface area contributed by atoms with Crippen molar-refractivity contribution in [1.82, 2.24) is 5.32 Å². The van der Waals surface area contributed by atoms with Crippen molar-refractivity contribution in [3.8, 4) is 0 Å². The summed E-state index contributed by atoms with van der Waals surface area (Å²) in [5, 5.41) is 11.5. The van der Waals surface area contributed by atoms with Crippen LogP contribution in [0.15, 0.2) is 0 Å². The highest BCUT2D eigenvalue weighted by Gasteiger charge is 2.17. The average Bonchev–Trinajstić information content (AvgIpc) is 2.51. The molecular formula is C8H15NO3. The van der Waals surface area contributed by atoms with E-state index in [2.05, 4.69) is 5.32 Å². The molecule has 1 heterocycles. The molecule has 0 aromatic carbocycles. The Hall–Kier alpha value is -0.610. The smallest absolute Gasteiger partial charge is 0.320 e. The van der Waals surface area contributed by atoms with Gasteiger partial charge < -0.3 is 15.2 Å². The number of ether oxygens (including phenoxy) is 1. The van der Waals surface area contributed by atoms with E-state index in [9.17, 15) is 4.79 Å². The normalized spacial score (nSPS) is 25.6. The van der Waals surface area contributed by atoms with E-state index in [1.807, 2.05) is 0 Å². The first-order valence-corrected chi connectivity index (χ1v) is 4.24. The summed E-state index contributed by atoms with van der Waals surface area (Å²) in [6.07, 6.45) is 1.04. The van der Waals surface area contributed by atoms with Crippen LogP contribution in [0.3, 0.4) is 0 Å². The van der Waals surface area contributed by atoms with E-state index in [1.54, 1.807) is 6.92 Å². The second-order valence-corrected chi connectivity index (χ2v) is 3.20. The lowest BCUT2D eigenvalue weighted by Crippen LogP contribution is -2.37. The zero-order chi connectivity index (χ0) is 8.97.